The van der Waals surface area contributed by atoms with Gasteiger partial charge in [0.2, 0.25) is 0 Å². The van der Waals surface area contributed by atoms with Gasteiger partial charge in [0.25, 0.3) is 11.5 Å². The van der Waals surface area contributed by atoms with Crippen LogP contribution in [-0.2, 0) is 6.54 Å². The molecule has 0 atom stereocenters. The zero-order valence-corrected chi connectivity index (χ0v) is 17.8. The van der Waals surface area contributed by atoms with Crippen molar-refractivity contribution in [1.82, 2.24) is 25.1 Å². The smallest absolute Gasteiger partial charge is 0.253 e. The zero-order chi connectivity index (χ0) is 21.6. The summed E-state index contributed by atoms with van der Waals surface area (Å²) in [5.74, 6) is -0.256. The average molecular weight is 403 g/mol. The van der Waals surface area contributed by atoms with E-state index in [1.54, 1.807) is 16.9 Å². The van der Waals surface area contributed by atoms with Crippen molar-refractivity contribution >= 4 is 27.8 Å². The highest BCUT2D eigenvalue weighted by Gasteiger charge is 2.17. The second-order valence-corrected chi connectivity index (χ2v) is 8.01. The van der Waals surface area contributed by atoms with Crippen molar-refractivity contribution in [3.8, 4) is 0 Å². The first-order valence-corrected chi connectivity index (χ1v) is 10.0. The number of aromatic amines is 1. The molecule has 0 aliphatic rings. The lowest BCUT2D eigenvalue weighted by Crippen LogP contribution is -2.27. The Balaban J connectivity index is 1.65. The van der Waals surface area contributed by atoms with E-state index in [-0.39, 0.29) is 24.1 Å². The molecule has 0 spiro atoms. The normalized spacial score (nSPS) is 11.5. The second kappa shape index (κ2) is 7.40. The maximum Gasteiger partial charge on any atom is 0.253 e. The summed E-state index contributed by atoms with van der Waals surface area (Å²) in [7, 11) is 0. The number of hydrogen-bond donors (Lipinski definition) is 2. The molecule has 2 N–H and O–H groups in total. The van der Waals surface area contributed by atoms with E-state index >= 15 is 0 Å². The van der Waals surface area contributed by atoms with Crippen LogP contribution in [0.15, 0.2) is 35.3 Å². The molecule has 1 aromatic carbocycles. The van der Waals surface area contributed by atoms with Gasteiger partial charge in [-0.1, -0.05) is 12.1 Å². The molecular weight excluding hydrogens is 378 g/mol. The predicted molar refractivity (Wildman–Crippen MR) is 118 cm³/mol. The van der Waals surface area contributed by atoms with E-state index in [2.05, 4.69) is 20.4 Å². The topological polar surface area (TPSA) is 92.7 Å². The van der Waals surface area contributed by atoms with Crippen molar-refractivity contribution in [2.75, 3.05) is 0 Å². The monoisotopic (exact) mass is 403 g/mol. The van der Waals surface area contributed by atoms with Crippen LogP contribution in [0.1, 0.15) is 52.6 Å². The number of nitrogens with one attached hydrogen (secondary N) is 2. The van der Waals surface area contributed by atoms with Crippen LogP contribution in [0.25, 0.3) is 21.9 Å². The summed E-state index contributed by atoms with van der Waals surface area (Å²) in [4.78, 5) is 33.0. The lowest BCUT2D eigenvalue weighted by atomic mass is 10.0. The van der Waals surface area contributed by atoms with Crippen LogP contribution < -0.4 is 10.9 Å². The van der Waals surface area contributed by atoms with E-state index in [1.807, 2.05) is 52.8 Å². The molecule has 3 heterocycles. The molecule has 4 rings (SSSR count). The Morgan fingerprint density at radius 1 is 1.20 bits per heavy atom. The van der Waals surface area contributed by atoms with Gasteiger partial charge in [0, 0.05) is 23.8 Å². The molecule has 154 valence electrons. The van der Waals surface area contributed by atoms with Gasteiger partial charge in [-0.25, -0.2) is 9.67 Å². The Morgan fingerprint density at radius 2 is 1.97 bits per heavy atom. The molecule has 30 heavy (non-hydrogen) atoms. The van der Waals surface area contributed by atoms with Gasteiger partial charge >= 0.3 is 0 Å². The fourth-order valence-electron chi connectivity index (χ4n) is 3.68. The molecule has 7 nitrogen and oxygen atoms in total. The number of benzene rings is 1. The standard InChI is InChI=1S/C23H25N5O2/c1-12(2)28-21-19(11-25-28)18(8-14(4)26-21)23(30)24-10-17-9-16-7-6-13(3)15(5)20(16)27-22(17)29/h6-9,11-12H,10H2,1-5H3,(H,24,30)(H,27,29). The van der Waals surface area contributed by atoms with Gasteiger partial charge in [-0.3, -0.25) is 9.59 Å². The van der Waals surface area contributed by atoms with Gasteiger partial charge in [-0.2, -0.15) is 5.10 Å². The SMILES string of the molecule is Cc1cc(C(=O)NCc2cc3ccc(C)c(C)c3[nH]c2=O)c2cnn(C(C)C)c2n1. The highest BCUT2D eigenvalue weighted by molar-refractivity contribution is 6.05. The fourth-order valence-corrected chi connectivity index (χ4v) is 3.68. The van der Waals surface area contributed by atoms with Gasteiger partial charge in [0.15, 0.2) is 5.65 Å². The number of nitrogens with zero attached hydrogens (tertiary/aromatic N) is 3. The van der Waals surface area contributed by atoms with Crippen LogP contribution in [-0.4, -0.2) is 25.7 Å². The highest BCUT2D eigenvalue weighted by atomic mass is 16.1. The average Bonchev–Trinajstić information content (AvgIpc) is 3.13. The lowest BCUT2D eigenvalue weighted by molar-refractivity contribution is 0.0952. The predicted octanol–water partition coefficient (Wildman–Crippen LogP) is 3.71. The van der Waals surface area contributed by atoms with Gasteiger partial charge < -0.3 is 10.3 Å². The molecule has 0 radical (unpaired) electrons. The van der Waals surface area contributed by atoms with Crippen molar-refractivity contribution in [1.29, 1.82) is 0 Å². The number of aromatic nitrogens is 4. The maximum absolute atomic E-state index is 12.9. The molecule has 3 aromatic heterocycles. The first-order valence-electron chi connectivity index (χ1n) is 10.0. The van der Waals surface area contributed by atoms with Crippen LogP contribution >= 0.6 is 0 Å². The number of H-pyrrole nitrogens is 1. The minimum absolute atomic E-state index is 0.135. The molecule has 0 saturated heterocycles. The van der Waals surface area contributed by atoms with Crippen LogP contribution in [0.5, 0.6) is 0 Å². The number of pyridine rings is 2. The Hall–Kier alpha value is -3.48. The quantitative estimate of drug-likeness (QED) is 0.543. The summed E-state index contributed by atoms with van der Waals surface area (Å²) in [5, 5.41) is 8.91. The molecule has 0 aliphatic heterocycles. The van der Waals surface area contributed by atoms with E-state index in [0.29, 0.717) is 22.2 Å². The fraction of sp³-hybridized carbons (Fsp3) is 0.304. The molecular formula is C23H25N5O2. The number of hydrogen-bond acceptors (Lipinski definition) is 4. The lowest BCUT2D eigenvalue weighted by Gasteiger charge is -2.10. The van der Waals surface area contributed by atoms with Crippen molar-refractivity contribution in [2.45, 2.75) is 47.2 Å². The van der Waals surface area contributed by atoms with Gasteiger partial charge in [-0.15, -0.1) is 0 Å². The summed E-state index contributed by atoms with van der Waals surface area (Å²) in [6.45, 7) is 10.0. The van der Waals surface area contributed by atoms with E-state index in [1.165, 1.54) is 0 Å². The van der Waals surface area contributed by atoms with E-state index in [9.17, 15) is 9.59 Å². The molecule has 0 bridgehead atoms. The van der Waals surface area contributed by atoms with Crippen molar-refractivity contribution in [3.63, 3.8) is 0 Å². The molecule has 7 heteroatoms. The number of amides is 1. The highest BCUT2D eigenvalue weighted by Crippen LogP contribution is 2.22. The van der Waals surface area contributed by atoms with Gasteiger partial charge in [-0.05, 0) is 63.3 Å². The van der Waals surface area contributed by atoms with Crippen LogP contribution in [0, 0.1) is 20.8 Å². The number of rotatable bonds is 4. The molecule has 0 fully saturated rings. The van der Waals surface area contributed by atoms with Crippen LogP contribution in [0.2, 0.25) is 0 Å². The number of carbonyl (C=O) groups excluding carboxylic acids is 1. The molecule has 0 unspecified atom stereocenters. The van der Waals surface area contributed by atoms with Gasteiger partial charge in [0.1, 0.15) is 0 Å². The minimum Gasteiger partial charge on any atom is -0.348 e. The summed E-state index contributed by atoms with van der Waals surface area (Å²) in [6, 6.07) is 7.73. The molecule has 1 amide bonds. The molecule has 0 saturated carbocycles. The van der Waals surface area contributed by atoms with Crippen LogP contribution in [0.4, 0.5) is 0 Å². The third-order valence-electron chi connectivity index (χ3n) is 5.50. The van der Waals surface area contributed by atoms with Crippen molar-refractivity contribution in [3.05, 3.63) is 68.8 Å². The Labute approximate surface area is 174 Å². The van der Waals surface area contributed by atoms with E-state index in [0.717, 1.165) is 27.7 Å². The Bertz CT molecular complexity index is 1350. The summed E-state index contributed by atoms with van der Waals surface area (Å²) >= 11 is 0. The number of aryl methyl sites for hydroxylation is 3. The van der Waals surface area contributed by atoms with Gasteiger partial charge in [0.05, 0.1) is 22.7 Å². The summed E-state index contributed by atoms with van der Waals surface area (Å²) < 4.78 is 1.80. The maximum atomic E-state index is 12.9. The largest absolute Gasteiger partial charge is 0.348 e. The van der Waals surface area contributed by atoms with Crippen molar-refractivity contribution in [2.24, 2.45) is 0 Å². The number of fused-ring (bicyclic) bond motifs is 2. The van der Waals surface area contributed by atoms with Crippen LogP contribution in [0.3, 0.4) is 0 Å². The first-order chi connectivity index (χ1) is 14.3. The Morgan fingerprint density at radius 3 is 2.70 bits per heavy atom. The van der Waals surface area contributed by atoms with E-state index < -0.39 is 0 Å². The number of carbonyl (C=O) groups is 1. The minimum atomic E-state index is -0.256. The molecule has 4 aromatic rings. The third kappa shape index (κ3) is 3.36. The first kappa shape index (κ1) is 19.8. The summed E-state index contributed by atoms with van der Waals surface area (Å²) in [5.41, 5.74) is 5.26. The van der Waals surface area contributed by atoms with Crippen molar-refractivity contribution < 1.29 is 4.79 Å². The Kier molecular flexibility index (Phi) is 4.89. The third-order valence-corrected chi connectivity index (χ3v) is 5.50. The zero-order valence-electron chi connectivity index (χ0n) is 17.8. The molecule has 0 aliphatic carbocycles. The second-order valence-electron chi connectivity index (χ2n) is 8.01. The summed E-state index contributed by atoms with van der Waals surface area (Å²) in [6.07, 6.45) is 1.67. The van der Waals surface area contributed by atoms with E-state index in [4.69, 9.17) is 0 Å².